The summed E-state index contributed by atoms with van der Waals surface area (Å²) in [6, 6.07) is 2.12. The molecule has 3 nitrogen and oxygen atoms in total. The molecule has 0 atom stereocenters. The van der Waals surface area contributed by atoms with E-state index in [1.54, 1.807) is 6.92 Å². The number of aromatic amines is 1. The number of H-pyrrole nitrogens is 1. The number of aryl methyl sites for hydroxylation is 2. The second-order valence-corrected chi connectivity index (χ2v) is 4.99. The molecule has 0 unspecified atom stereocenters. The van der Waals surface area contributed by atoms with Gasteiger partial charge in [0.1, 0.15) is 0 Å². The molecule has 4 heteroatoms. The van der Waals surface area contributed by atoms with E-state index in [1.165, 1.54) is 30.2 Å². The number of nitrogens with one attached hydrogen (secondary N) is 1. The molecule has 0 spiro atoms. The minimum atomic E-state index is -0.313. The Hall–Kier alpha value is -1.03. The van der Waals surface area contributed by atoms with Crippen LogP contribution in [0.5, 0.6) is 0 Å². The number of rotatable bonds is 3. The second kappa shape index (κ2) is 5.54. The number of hydrogen-bond donors (Lipinski definition) is 1. The highest BCUT2D eigenvalue weighted by Gasteiger charge is 2.14. The van der Waals surface area contributed by atoms with Crippen molar-refractivity contribution in [2.24, 2.45) is 0 Å². The molecule has 0 saturated heterocycles. The zero-order valence-corrected chi connectivity index (χ0v) is 11.5. The van der Waals surface area contributed by atoms with E-state index in [0.717, 1.165) is 23.0 Å². The molecule has 1 aromatic rings. The molecule has 1 aliphatic carbocycles. The number of fused-ring (bicyclic) bond motifs is 1. The lowest BCUT2D eigenvalue weighted by atomic mass is 9.98. The Morgan fingerprint density at radius 1 is 1.53 bits per heavy atom. The van der Waals surface area contributed by atoms with E-state index < -0.39 is 0 Å². The standard InChI is InChI=1S/C13H16BrNO2/c1-2-17-13(16)8-10(14)12-7-9-5-3-4-6-11(9)15-12/h7-8,15H,2-6H2,1H3/b10-8-. The molecule has 1 N–H and O–H groups in total. The van der Waals surface area contributed by atoms with Gasteiger partial charge in [0.15, 0.2) is 0 Å². The molecule has 0 saturated carbocycles. The monoisotopic (exact) mass is 297 g/mol. The van der Waals surface area contributed by atoms with Gasteiger partial charge in [-0.2, -0.15) is 0 Å². The van der Waals surface area contributed by atoms with Gasteiger partial charge < -0.3 is 9.72 Å². The summed E-state index contributed by atoms with van der Waals surface area (Å²) in [7, 11) is 0. The molecular formula is C13H16BrNO2. The third-order valence-corrected chi connectivity index (χ3v) is 3.56. The molecule has 0 fully saturated rings. The summed E-state index contributed by atoms with van der Waals surface area (Å²) >= 11 is 3.41. The minimum Gasteiger partial charge on any atom is -0.463 e. The third-order valence-electron chi connectivity index (χ3n) is 2.90. The molecular weight excluding hydrogens is 282 g/mol. The first kappa shape index (κ1) is 12.4. The molecule has 17 heavy (non-hydrogen) atoms. The SMILES string of the molecule is CCOC(=O)/C=C(\Br)c1cc2c([nH]1)CCCC2. The van der Waals surface area contributed by atoms with Crippen LogP contribution in [0.4, 0.5) is 0 Å². The highest BCUT2D eigenvalue weighted by molar-refractivity contribution is 9.15. The maximum absolute atomic E-state index is 11.3. The number of esters is 1. The van der Waals surface area contributed by atoms with Gasteiger partial charge in [-0.15, -0.1) is 0 Å². The smallest absolute Gasteiger partial charge is 0.331 e. The van der Waals surface area contributed by atoms with E-state index >= 15 is 0 Å². The number of aromatic nitrogens is 1. The number of ether oxygens (including phenoxy) is 1. The van der Waals surface area contributed by atoms with Gasteiger partial charge in [0.2, 0.25) is 0 Å². The van der Waals surface area contributed by atoms with E-state index in [1.807, 2.05) is 0 Å². The van der Waals surface area contributed by atoms with E-state index in [9.17, 15) is 4.79 Å². The Labute approximate surface area is 109 Å². The fourth-order valence-corrected chi connectivity index (χ4v) is 2.50. The molecule has 1 aromatic heterocycles. The summed E-state index contributed by atoms with van der Waals surface area (Å²) in [4.78, 5) is 14.7. The first-order chi connectivity index (χ1) is 8.20. The van der Waals surface area contributed by atoms with Crippen LogP contribution in [0.2, 0.25) is 0 Å². The normalized spacial score (nSPS) is 15.5. The van der Waals surface area contributed by atoms with Crippen LogP contribution in [0.25, 0.3) is 4.48 Å². The summed E-state index contributed by atoms with van der Waals surface area (Å²) in [5, 5.41) is 0. The Balaban J connectivity index is 2.16. The fraction of sp³-hybridized carbons (Fsp3) is 0.462. The summed E-state index contributed by atoms with van der Waals surface area (Å²) in [6.07, 6.45) is 6.21. The van der Waals surface area contributed by atoms with Crippen molar-refractivity contribution in [3.8, 4) is 0 Å². The number of carbonyl (C=O) groups excluding carboxylic acids is 1. The van der Waals surface area contributed by atoms with E-state index in [0.29, 0.717) is 6.61 Å². The van der Waals surface area contributed by atoms with Gasteiger partial charge in [-0.3, -0.25) is 0 Å². The van der Waals surface area contributed by atoms with Crippen molar-refractivity contribution >= 4 is 26.4 Å². The van der Waals surface area contributed by atoms with Gasteiger partial charge in [-0.25, -0.2) is 4.79 Å². The van der Waals surface area contributed by atoms with Crippen molar-refractivity contribution in [2.75, 3.05) is 6.61 Å². The molecule has 0 radical (unpaired) electrons. The number of carbonyl (C=O) groups is 1. The van der Waals surface area contributed by atoms with Crippen molar-refractivity contribution in [3.05, 3.63) is 29.1 Å². The van der Waals surface area contributed by atoms with Gasteiger partial charge in [-0.1, -0.05) is 0 Å². The lowest BCUT2D eigenvalue weighted by Crippen LogP contribution is -2.00. The van der Waals surface area contributed by atoms with Crippen molar-refractivity contribution in [1.82, 2.24) is 4.98 Å². The summed E-state index contributed by atoms with van der Waals surface area (Å²) in [5.74, 6) is -0.313. The Morgan fingerprint density at radius 3 is 3.00 bits per heavy atom. The van der Waals surface area contributed by atoms with Gasteiger partial charge in [0.25, 0.3) is 0 Å². The summed E-state index contributed by atoms with van der Waals surface area (Å²) in [6.45, 7) is 2.20. The highest BCUT2D eigenvalue weighted by Crippen LogP contribution is 2.27. The van der Waals surface area contributed by atoms with Crippen LogP contribution < -0.4 is 0 Å². The summed E-state index contributed by atoms with van der Waals surface area (Å²) < 4.78 is 5.63. The number of halogens is 1. The van der Waals surface area contributed by atoms with Crippen LogP contribution in [0.1, 0.15) is 36.7 Å². The van der Waals surface area contributed by atoms with Crippen LogP contribution in [0.3, 0.4) is 0 Å². The zero-order chi connectivity index (χ0) is 12.3. The molecule has 0 aliphatic heterocycles. The lowest BCUT2D eigenvalue weighted by Gasteiger charge is -2.08. The minimum absolute atomic E-state index is 0.313. The van der Waals surface area contributed by atoms with Crippen LogP contribution in [-0.2, 0) is 22.4 Å². The van der Waals surface area contributed by atoms with Crippen molar-refractivity contribution < 1.29 is 9.53 Å². The Bertz CT molecular complexity index is 425. The zero-order valence-electron chi connectivity index (χ0n) is 9.88. The van der Waals surface area contributed by atoms with Crippen LogP contribution in [0.15, 0.2) is 12.1 Å². The molecule has 0 aromatic carbocycles. The summed E-state index contributed by atoms with van der Waals surface area (Å²) in [5.41, 5.74) is 3.64. The quantitative estimate of drug-likeness (QED) is 0.688. The predicted octanol–water partition coefficient (Wildman–Crippen LogP) is 3.19. The first-order valence-electron chi connectivity index (χ1n) is 5.95. The third kappa shape index (κ3) is 3.00. The first-order valence-corrected chi connectivity index (χ1v) is 6.75. The average Bonchev–Trinajstić information content (AvgIpc) is 2.72. The highest BCUT2D eigenvalue weighted by atomic mass is 79.9. The van der Waals surface area contributed by atoms with E-state index in [-0.39, 0.29) is 5.97 Å². The predicted molar refractivity (Wildman–Crippen MR) is 71.0 cm³/mol. The maximum atomic E-state index is 11.3. The molecule has 1 heterocycles. The van der Waals surface area contributed by atoms with Gasteiger partial charge in [-0.05, 0) is 60.2 Å². The largest absolute Gasteiger partial charge is 0.463 e. The topological polar surface area (TPSA) is 42.1 Å². The molecule has 92 valence electrons. The van der Waals surface area contributed by atoms with E-state index in [2.05, 4.69) is 27.0 Å². The Morgan fingerprint density at radius 2 is 2.29 bits per heavy atom. The fourth-order valence-electron chi connectivity index (χ4n) is 2.10. The second-order valence-electron chi connectivity index (χ2n) is 4.14. The molecule has 0 bridgehead atoms. The number of hydrogen-bond acceptors (Lipinski definition) is 2. The van der Waals surface area contributed by atoms with Crippen LogP contribution >= 0.6 is 15.9 Å². The van der Waals surface area contributed by atoms with Crippen LogP contribution in [-0.4, -0.2) is 17.6 Å². The maximum Gasteiger partial charge on any atom is 0.331 e. The van der Waals surface area contributed by atoms with E-state index in [4.69, 9.17) is 4.74 Å². The van der Waals surface area contributed by atoms with Crippen LogP contribution in [0, 0.1) is 0 Å². The van der Waals surface area contributed by atoms with Crippen molar-refractivity contribution in [3.63, 3.8) is 0 Å². The van der Waals surface area contributed by atoms with Gasteiger partial charge >= 0.3 is 5.97 Å². The van der Waals surface area contributed by atoms with Gasteiger partial charge in [0.05, 0.1) is 12.3 Å². The lowest BCUT2D eigenvalue weighted by molar-refractivity contribution is -0.137. The molecule has 1 aliphatic rings. The van der Waals surface area contributed by atoms with Crippen molar-refractivity contribution in [1.29, 1.82) is 0 Å². The average molecular weight is 298 g/mol. The molecule has 0 amide bonds. The van der Waals surface area contributed by atoms with Crippen molar-refractivity contribution in [2.45, 2.75) is 32.6 Å². The Kier molecular flexibility index (Phi) is 4.05. The molecule has 2 rings (SSSR count). The van der Waals surface area contributed by atoms with Gasteiger partial charge in [0, 0.05) is 16.3 Å².